The fourth-order valence-corrected chi connectivity index (χ4v) is 1.98. The maximum Gasteiger partial charge on any atom is 0.0795 e. The maximum absolute atomic E-state index is 8.91. The lowest BCUT2D eigenvalue weighted by Crippen LogP contribution is -2.12. The summed E-state index contributed by atoms with van der Waals surface area (Å²) in [5, 5.41) is 14.3. The lowest BCUT2D eigenvalue weighted by atomic mass is 10.1. The molecule has 16 heavy (non-hydrogen) atoms. The van der Waals surface area contributed by atoms with E-state index >= 15 is 0 Å². The quantitative estimate of drug-likeness (QED) is 0.831. The molecule has 0 saturated carbocycles. The molecular formula is C12H14N2OS. The van der Waals surface area contributed by atoms with Gasteiger partial charge in [0.1, 0.15) is 0 Å². The molecule has 0 aliphatic rings. The van der Waals surface area contributed by atoms with Gasteiger partial charge < -0.3 is 10.4 Å². The Morgan fingerprint density at radius 2 is 1.88 bits per heavy atom. The van der Waals surface area contributed by atoms with Crippen molar-refractivity contribution in [2.45, 2.75) is 19.7 Å². The molecule has 0 unspecified atom stereocenters. The van der Waals surface area contributed by atoms with Crippen LogP contribution in [0.3, 0.4) is 0 Å². The Labute approximate surface area is 98.8 Å². The Kier molecular flexibility index (Phi) is 4.04. The number of rotatable bonds is 5. The van der Waals surface area contributed by atoms with Gasteiger partial charge in [-0.25, -0.2) is 4.98 Å². The zero-order valence-corrected chi connectivity index (χ0v) is 9.70. The standard InChI is InChI=1S/C12H14N2OS/c15-7-11-3-1-10(2-4-11)5-13-6-12-8-16-9-14-12/h1-4,8-9,13,15H,5-7H2. The lowest BCUT2D eigenvalue weighted by molar-refractivity contribution is 0.282. The van der Waals surface area contributed by atoms with Gasteiger partial charge in [-0.2, -0.15) is 0 Å². The van der Waals surface area contributed by atoms with Crippen LogP contribution in [0.5, 0.6) is 0 Å². The predicted octanol–water partition coefficient (Wildman–Crippen LogP) is 1.93. The van der Waals surface area contributed by atoms with Crippen LogP contribution in [0.2, 0.25) is 0 Å². The van der Waals surface area contributed by atoms with Crippen molar-refractivity contribution in [3.63, 3.8) is 0 Å². The van der Waals surface area contributed by atoms with Gasteiger partial charge in [-0.15, -0.1) is 11.3 Å². The number of hydrogen-bond donors (Lipinski definition) is 2. The van der Waals surface area contributed by atoms with Gasteiger partial charge in [-0.05, 0) is 11.1 Å². The highest BCUT2D eigenvalue weighted by molar-refractivity contribution is 7.07. The number of benzene rings is 1. The molecule has 2 aromatic rings. The fourth-order valence-electron chi connectivity index (χ4n) is 1.42. The highest BCUT2D eigenvalue weighted by Crippen LogP contribution is 2.05. The first-order valence-electron chi connectivity index (χ1n) is 5.15. The summed E-state index contributed by atoms with van der Waals surface area (Å²) in [5.74, 6) is 0. The summed E-state index contributed by atoms with van der Waals surface area (Å²) in [6, 6.07) is 7.94. The van der Waals surface area contributed by atoms with E-state index < -0.39 is 0 Å². The molecule has 3 nitrogen and oxygen atoms in total. The third-order valence-electron chi connectivity index (χ3n) is 2.32. The molecule has 0 spiro atoms. The average molecular weight is 234 g/mol. The molecule has 1 heterocycles. The van der Waals surface area contributed by atoms with Gasteiger partial charge in [-0.3, -0.25) is 0 Å². The minimum Gasteiger partial charge on any atom is -0.392 e. The minimum atomic E-state index is 0.104. The van der Waals surface area contributed by atoms with Crippen LogP contribution < -0.4 is 5.32 Å². The number of aliphatic hydroxyl groups excluding tert-OH is 1. The Hall–Kier alpha value is -1.23. The Bertz CT molecular complexity index is 411. The van der Waals surface area contributed by atoms with E-state index in [0.717, 1.165) is 24.3 Å². The molecule has 84 valence electrons. The molecule has 1 aromatic carbocycles. The van der Waals surface area contributed by atoms with E-state index in [9.17, 15) is 0 Å². The van der Waals surface area contributed by atoms with Gasteiger partial charge in [-0.1, -0.05) is 24.3 Å². The number of aromatic nitrogens is 1. The summed E-state index contributed by atoms with van der Waals surface area (Å²) in [7, 11) is 0. The van der Waals surface area contributed by atoms with Gasteiger partial charge in [0.25, 0.3) is 0 Å². The highest BCUT2D eigenvalue weighted by Gasteiger charge is 1.96. The first-order valence-corrected chi connectivity index (χ1v) is 6.09. The first kappa shape index (κ1) is 11.3. The lowest BCUT2D eigenvalue weighted by Gasteiger charge is -2.03. The molecule has 2 N–H and O–H groups in total. The Morgan fingerprint density at radius 3 is 2.50 bits per heavy atom. The van der Waals surface area contributed by atoms with Gasteiger partial charge >= 0.3 is 0 Å². The molecule has 4 heteroatoms. The van der Waals surface area contributed by atoms with E-state index in [1.165, 1.54) is 5.56 Å². The molecule has 0 bridgehead atoms. The summed E-state index contributed by atoms with van der Waals surface area (Å²) >= 11 is 1.61. The van der Waals surface area contributed by atoms with E-state index in [4.69, 9.17) is 5.11 Å². The van der Waals surface area contributed by atoms with E-state index in [-0.39, 0.29) is 6.61 Å². The van der Waals surface area contributed by atoms with Crippen LogP contribution in [0.25, 0.3) is 0 Å². The molecule has 0 fully saturated rings. The van der Waals surface area contributed by atoms with Crippen LogP contribution in [0.15, 0.2) is 35.2 Å². The van der Waals surface area contributed by atoms with Gasteiger partial charge in [0.15, 0.2) is 0 Å². The van der Waals surface area contributed by atoms with Crippen LogP contribution in [-0.4, -0.2) is 10.1 Å². The van der Waals surface area contributed by atoms with Gasteiger partial charge in [0.05, 0.1) is 17.8 Å². The Balaban J connectivity index is 1.81. The summed E-state index contributed by atoms with van der Waals surface area (Å²) in [4.78, 5) is 4.20. The predicted molar refractivity (Wildman–Crippen MR) is 65.0 cm³/mol. The summed E-state index contributed by atoms with van der Waals surface area (Å²) < 4.78 is 0. The number of hydrogen-bond acceptors (Lipinski definition) is 4. The smallest absolute Gasteiger partial charge is 0.0795 e. The molecule has 2 rings (SSSR count). The normalized spacial score (nSPS) is 10.6. The van der Waals surface area contributed by atoms with Gasteiger partial charge in [0.2, 0.25) is 0 Å². The monoisotopic (exact) mass is 234 g/mol. The largest absolute Gasteiger partial charge is 0.392 e. The van der Waals surface area contributed by atoms with Crippen LogP contribution >= 0.6 is 11.3 Å². The number of thiazole rings is 1. The van der Waals surface area contributed by atoms with E-state index in [2.05, 4.69) is 10.3 Å². The third-order valence-corrected chi connectivity index (χ3v) is 2.96. The molecule has 0 radical (unpaired) electrons. The number of nitrogens with one attached hydrogen (secondary N) is 1. The van der Waals surface area contributed by atoms with E-state index in [1.807, 2.05) is 35.2 Å². The third kappa shape index (κ3) is 3.13. The second-order valence-corrected chi connectivity index (χ2v) is 4.28. The molecule has 0 saturated heterocycles. The molecule has 0 atom stereocenters. The highest BCUT2D eigenvalue weighted by atomic mass is 32.1. The number of aliphatic hydroxyl groups is 1. The van der Waals surface area contributed by atoms with Crippen molar-refractivity contribution in [3.8, 4) is 0 Å². The van der Waals surface area contributed by atoms with Crippen LogP contribution in [0.1, 0.15) is 16.8 Å². The van der Waals surface area contributed by atoms with Crippen molar-refractivity contribution in [3.05, 3.63) is 52.0 Å². The van der Waals surface area contributed by atoms with Crippen LogP contribution in [-0.2, 0) is 19.7 Å². The topological polar surface area (TPSA) is 45.1 Å². The van der Waals surface area contributed by atoms with E-state index in [0.29, 0.717) is 0 Å². The fraction of sp³-hybridized carbons (Fsp3) is 0.250. The zero-order valence-electron chi connectivity index (χ0n) is 8.89. The average Bonchev–Trinajstić information content (AvgIpc) is 2.83. The second kappa shape index (κ2) is 5.75. The molecule has 1 aromatic heterocycles. The Morgan fingerprint density at radius 1 is 1.12 bits per heavy atom. The van der Waals surface area contributed by atoms with Crippen LogP contribution in [0, 0.1) is 0 Å². The van der Waals surface area contributed by atoms with Crippen molar-refractivity contribution in [1.29, 1.82) is 0 Å². The number of nitrogens with zero attached hydrogens (tertiary/aromatic N) is 1. The first-order chi connectivity index (χ1) is 7.88. The van der Waals surface area contributed by atoms with Crippen molar-refractivity contribution >= 4 is 11.3 Å². The second-order valence-electron chi connectivity index (χ2n) is 3.56. The molecule has 0 aliphatic carbocycles. The van der Waals surface area contributed by atoms with Crippen molar-refractivity contribution in [1.82, 2.24) is 10.3 Å². The summed E-state index contributed by atoms with van der Waals surface area (Å²) in [6.07, 6.45) is 0. The molecule has 0 aliphatic heterocycles. The summed E-state index contributed by atoms with van der Waals surface area (Å²) in [6.45, 7) is 1.72. The zero-order chi connectivity index (χ0) is 11.2. The van der Waals surface area contributed by atoms with Crippen LogP contribution in [0.4, 0.5) is 0 Å². The van der Waals surface area contributed by atoms with Crippen molar-refractivity contribution in [2.75, 3.05) is 0 Å². The minimum absolute atomic E-state index is 0.104. The molecular weight excluding hydrogens is 220 g/mol. The summed E-state index contributed by atoms with van der Waals surface area (Å²) in [5.41, 5.74) is 5.08. The molecule has 0 amide bonds. The SMILES string of the molecule is OCc1ccc(CNCc2cscn2)cc1. The van der Waals surface area contributed by atoms with E-state index in [1.54, 1.807) is 11.3 Å². The van der Waals surface area contributed by atoms with Gasteiger partial charge in [0, 0.05) is 18.5 Å². The van der Waals surface area contributed by atoms with Crippen molar-refractivity contribution < 1.29 is 5.11 Å². The maximum atomic E-state index is 8.91. The van der Waals surface area contributed by atoms with Crippen molar-refractivity contribution in [2.24, 2.45) is 0 Å².